The van der Waals surface area contributed by atoms with Gasteiger partial charge in [0.25, 0.3) is 0 Å². The van der Waals surface area contributed by atoms with Gasteiger partial charge in [-0.25, -0.2) is 0 Å². The van der Waals surface area contributed by atoms with Crippen LogP contribution in [0.5, 0.6) is 5.75 Å². The molecule has 5 nitrogen and oxygen atoms in total. The summed E-state index contributed by atoms with van der Waals surface area (Å²) in [5, 5.41) is 12.8. The van der Waals surface area contributed by atoms with E-state index >= 15 is 0 Å². The highest BCUT2D eigenvalue weighted by molar-refractivity contribution is 5.98. The number of nitrogens with zero attached hydrogens (tertiary/aromatic N) is 1. The van der Waals surface area contributed by atoms with Crippen molar-refractivity contribution in [2.24, 2.45) is 5.92 Å². The molecular weight excluding hydrogens is 292 g/mol. The summed E-state index contributed by atoms with van der Waals surface area (Å²) in [6.45, 7) is 10.5. The van der Waals surface area contributed by atoms with Crippen LogP contribution in [0, 0.1) is 5.92 Å². The molecule has 1 unspecified atom stereocenters. The number of likely N-dealkylation sites (tertiary alicyclic amines) is 1. The Morgan fingerprint density at radius 3 is 2.52 bits per heavy atom. The maximum absolute atomic E-state index is 12.4. The number of hydrogen-bond donors (Lipinski definition) is 2. The van der Waals surface area contributed by atoms with E-state index in [-0.39, 0.29) is 41.4 Å². The first-order valence-corrected chi connectivity index (χ1v) is 8.03. The molecule has 1 heterocycles. The number of rotatable bonds is 3. The van der Waals surface area contributed by atoms with Gasteiger partial charge in [-0.05, 0) is 37.0 Å². The first kappa shape index (κ1) is 17.3. The molecule has 2 N–H and O–H groups in total. The lowest BCUT2D eigenvalue weighted by atomic mass is 9.87. The van der Waals surface area contributed by atoms with Gasteiger partial charge in [0.15, 0.2) is 0 Å². The molecule has 1 atom stereocenters. The van der Waals surface area contributed by atoms with Crippen LogP contribution in [0.1, 0.15) is 46.6 Å². The van der Waals surface area contributed by atoms with E-state index in [4.69, 9.17) is 0 Å². The number of hydrogen-bond acceptors (Lipinski definition) is 3. The Morgan fingerprint density at radius 2 is 2.00 bits per heavy atom. The average Bonchev–Trinajstić information content (AvgIpc) is 2.82. The number of phenolic OH excluding ortho intramolecular Hbond substituents is 1. The lowest BCUT2D eigenvalue weighted by molar-refractivity contribution is -0.129. The minimum Gasteiger partial charge on any atom is -0.506 e. The van der Waals surface area contributed by atoms with E-state index in [0.29, 0.717) is 12.2 Å². The number of phenols is 1. The summed E-state index contributed by atoms with van der Waals surface area (Å²) in [4.78, 5) is 26.1. The molecule has 0 aliphatic carbocycles. The zero-order valence-corrected chi connectivity index (χ0v) is 14.5. The maximum Gasteiger partial charge on any atom is 0.229 e. The fourth-order valence-electron chi connectivity index (χ4n) is 2.74. The predicted octanol–water partition coefficient (Wildman–Crippen LogP) is 2.89. The number of aromatic hydroxyl groups is 1. The van der Waals surface area contributed by atoms with Crippen LogP contribution in [0.4, 0.5) is 5.69 Å². The highest BCUT2D eigenvalue weighted by Gasteiger charge is 2.35. The molecule has 1 aliphatic heterocycles. The van der Waals surface area contributed by atoms with Crippen LogP contribution in [0.25, 0.3) is 0 Å². The summed E-state index contributed by atoms with van der Waals surface area (Å²) in [6.07, 6.45) is 0.226. The third-order valence-corrected chi connectivity index (χ3v) is 4.27. The Balaban J connectivity index is 2.14. The zero-order valence-electron chi connectivity index (χ0n) is 14.5. The first-order chi connectivity index (χ1) is 10.6. The Kier molecular flexibility index (Phi) is 4.68. The van der Waals surface area contributed by atoms with Crippen molar-refractivity contribution in [1.29, 1.82) is 0 Å². The molecule has 0 spiro atoms. The number of carbonyl (C=O) groups excluding carboxylic acids is 2. The normalized spacial score (nSPS) is 18.6. The molecule has 0 aromatic heterocycles. The molecule has 0 saturated carbocycles. The van der Waals surface area contributed by atoms with Gasteiger partial charge in [0.05, 0.1) is 11.6 Å². The van der Waals surface area contributed by atoms with Crippen LogP contribution >= 0.6 is 0 Å². The van der Waals surface area contributed by atoms with Crippen LogP contribution in [0.2, 0.25) is 0 Å². The number of benzene rings is 1. The predicted molar refractivity (Wildman–Crippen MR) is 90.4 cm³/mol. The summed E-state index contributed by atoms with van der Waals surface area (Å²) in [6, 6.07) is 5.34. The van der Waals surface area contributed by atoms with Gasteiger partial charge in [0, 0.05) is 19.0 Å². The first-order valence-electron chi connectivity index (χ1n) is 8.03. The molecular formula is C18H26N2O3. The molecule has 0 radical (unpaired) electrons. The van der Waals surface area contributed by atoms with Crippen LogP contribution in [0.3, 0.4) is 0 Å². The average molecular weight is 318 g/mol. The van der Waals surface area contributed by atoms with Gasteiger partial charge in [0.2, 0.25) is 11.8 Å². The van der Waals surface area contributed by atoms with Gasteiger partial charge in [-0.2, -0.15) is 0 Å². The fourth-order valence-corrected chi connectivity index (χ4v) is 2.74. The molecule has 126 valence electrons. The summed E-state index contributed by atoms with van der Waals surface area (Å²) >= 11 is 0. The summed E-state index contributed by atoms with van der Waals surface area (Å²) < 4.78 is 0. The lowest BCUT2D eigenvalue weighted by Crippen LogP contribution is -2.33. The summed E-state index contributed by atoms with van der Waals surface area (Å²) in [5.74, 6) is -0.547. The Labute approximate surface area is 137 Å². The quantitative estimate of drug-likeness (QED) is 0.842. The highest BCUT2D eigenvalue weighted by atomic mass is 16.3. The second-order valence-electron chi connectivity index (χ2n) is 7.51. The summed E-state index contributed by atoms with van der Waals surface area (Å²) in [5.41, 5.74) is 1.35. The SMILES string of the molecule is CC(C)N1CC(C(=O)Nc2cc(C(C)(C)C)ccc2O)CC1=O. The van der Waals surface area contributed by atoms with E-state index in [1.54, 1.807) is 17.0 Å². The molecule has 0 bridgehead atoms. The van der Waals surface area contributed by atoms with Gasteiger partial charge in [0.1, 0.15) is 5.75 Å². The van der Waals surface area contributed by atoms with Crippen molar-refractivity contribution in [2.45, 2.75) is 52.5 Å². The van der Waals surface area contributed by atoms with Gasteiger partial charge < -0.3 is 15.3 Å². The minimum absolute atomic E-state index is 0.00724. The standard InChI is InChI=1S/C18H26N2O3/c1-11(2)20-10-12(8-16(20)22)17(23)19-14-9-13(18(3,4)5)6-7-15(14)21/h6-7,9,11-12,21H,8,10H2,1-5H3,(H,19,23). The molecule has 5 heteroatoms. The van der Waals surface area contributed by atoms with Crippen molar-refractivity contribution in [3.05, 3.63) is 23.8 Å². The van der Waals surface area contributed by atoms with Gasteiger partial charge in [-0.3, -0.25) is 9.59 Å². The van der Waals surface area contributed by atoms with Crippen molar-refractivity contribution in [3.63, 3.8) is 0 Å². The number of nitrogens with one attached hydrogen (secondary N) is 1. The topological polar surface area (TPSA) is 69.6 Å². The molecule has 23 heavy (non-hydrogen) atoms. The Morgan fingerprint density at radius 1 is 1.35 bits per heavy atom. The van der Waals surface area contributed by atoms with E-state index in [1.807, 2.05) is 19.9 Å². The molecule has 1 aromatic carbocycles. The second-order valence-corrected chi connectivity index (χ2v) is 7.51. The monoisotopic (exact) mass is 318 g/mol. The fraction of sp³-hybridized carbons (Fsp3) is 0.556. The van der Waals surface area contributed by atoms with E-state index in [0.717, 1.165) is 5.56 Å². The van der Waals surface area contributed by atoms with Crippen LogP contribution in [-0.2, 0) is 15.0 Å². The van der Waals surface area contributed by atoms with Crippen LogP contribution < -0.4 is 5.32 Å². The third kappa shape index (κ3) is 3.84. The summed E-state index contributed by atoms with van der Waals surface area (Å²) in [7, 11) is 0. The second kappa shape index (κ2) is 6.22. The van der Waals surface area contributed by atoms with Crippen molar-refractivity contribution in [3.8, 4) is 5.75 Å². The van der Waals surface area contributed by atoms with Crippen molar-refractivity contribution in [2.75, 3.05) is 11.9 Å². The zero-order chi connectivity index (χ0) is 17.4. The van der Waals surface area contributed by atoms with Crippen molar-refractivity contribution in [1.82, 2.24) is 4.90 Å². The van der Waals surface area contributed by atoms with E-state index in [9.17, 15) is 14.7 Å². The van der Waals surface area contributed by atoms with E-state index < -0.39 is 0 Å². The largest absolute Gasteiger partial charge is 0.506 e. The van der Waals surface area contributed by atoms with E-state index in [1.165, 1.54) is 0 Å². The van der Waals surface area contributed by atoms with Gasteiger partial charge in [-0.1, -0.05) is 26.8 Å². The Bertz CT molecular complexity index is 617. The van der Waals surface area contributed by atoms with Gasteiger partial charge in [-0.15, -0.1) is 0 Å². The minimum atomic E-state index is -0.373. The van der Waals surface area contributed by atoms with Crippen LogP contribution in [0.15, 0.2) is 18.2 Å². The van der Waals surface area contributed by atoms with Crippen LogP contribution in [-0.4, -0.2) is 34.4 Å². The molecule has 1 fully saturated rings. The molecule has 2 rings (SSSR count). The van der Waals surface area contributed by atoms with Gasteiger partial charge >= 0.3 is 0 Å². The number of carbonyl (C=O) groups is 2. The van der Waals surface area contributed by atoms with Crippen molar-refractivity contribution >= 4 is 17.5 Å². The molecule has 1 aliphatic rings. The lowest BCUT2D eigenvalue weighted by Gasteiger charge is -2.22. The van der Waals surface area contributed by atoms with E-state index in [2.05, 4.69) is 26.1 Å². The molecule has 1 saturated heterocycles. The highest BCUT2D eigenvalue weighted by Crippen LogP contribution is 2.31. The maximum atomic E-state index is 12.4. The number of amides is 2. The smallest absolute Gasteiger partial charge is 0.229 e. The number of anilines is 1. The molecule has 2 amide bonds. The Hall–Kier alpha value is -2.04. The third-order valence-electron chi connectivity index (χ3n) is 4.27. The molecule has 1 aromatic rings. The van der Waals surface area contributed by atoms with Crippen molar-refractivity contribution < 1.29 is 14.7 Å².